The Bertz CT molecular complexity index is 2070. The molecule has 12 heteroatoms. The molecule has 276 valence electrons. The molecule has 54 heavy (non-hydrogen) atoms. The molecule has 0 radical (unpaired) electrons. The molecule has 2 aliphatic rings. The average Bonchev–Trinajstić information content (AvgIpc) is 4.00. The molecule has 3 heterocycles. The lowest BCUT2D eigenvalue weighted by Crippen LogP contribution is -2.43. The molecule has 0 saturated carbocycles. The number of hydrogen-bond donors (Lipinski definition) is 4. The summed E-state index contributed by atoms with van der Waals surface area (Å²) in [5.41, 5.74) is 6.37. The molecule has 0 spiro atoms. The molecule has 0 aliphatic carbocycles. The molecule has 0 bridgehead atoms. The van der Waals surface area contributed by atoms with E-state index in [4.69, 9.17) is 9.47 Å². The van der Waals surface area contributed by atoms with Crippen LogP contribution in [-0.4, -0.2) is 68.1 Å². The topological polar surface area (TPSA) is 149 Å². The number of anilines is 2. The number of aliphatic hydroxyl groups is 1. The van der Waals surface area contributed by atoms with E-state index in [0.717, 1.165) is 52.9 Å². The van der Waals surface area contributed by atoms with Crippen molar-refractivity contribution in [2.45, 2.75) is 51.0 Å². The molecular weight excluding hydrogens is 684 g/mol. The lowest BCUT2D eigenvalue weighted by molar-refractivity contribution is -0.120. The van der Waals surface area contributed by atoms with Gasteiger partial charge in [0, 0.05) is 35.6 Å². The normalized spacial score (nSPS) is 16.9. The summed E-state index contributed by atoms with van der Waals surface area (Å²) in [5, 5.41) is 16.7. The fourth-order valence-corrected chi connectivity index (χ4v) is 6.82. The summed E-state index contributed by atoms with van der Waals surface area (Å²) < 4.78 is 11.0. The van der Waals surface area contributed by atoms with Crippen LogP contribution in [0.5, 0.6) is 0 Å². The number of ether oxygens (including phenoxy) is 2. The van der Waals surface area contributed by atoms with Crippen LogP contribution in [0.3, 0.4) is 0 Å². The number of carbonyl (C=O) groups excluding carboxylic acids is 3. The Labute approximate surface area is 313 Å². The van der Waals surface area contributed by atoms with Crippen LogP contribution in [0.4, 0.5) is 21.0 Å². The summed E-state index contributed by atoms with van der Waals surface area (Å²) in [6.07, 6.45) is 5.21. The third-order valence-electron chi connectivity index (χ3n) is 9.60. The third-order valence-corrected chi connectivity index (χ3v) is 9.60. The Balaban J connectivity index is 0.930. The Morgan fingerprint density at radius 2 is 1.28 bits per heavy atom. The largest absolute Gasteiger partial charge is 0.495 e. The van der Waals surface area contributed by atoms with Crippen LogP contribution in [0.2, 0.25) is 0 Å². The quantitative estimate of drug-likeness (QED) is 0.0999. The fourth-order valence-electron chi connectivity index (χ4n) is 6.82. The van der Waals surface area contributed by atoms with Crippen LogP contribution in [0.25, 0.3) is 22.5 Å². The number of aliphatic hydroxyl groups excluding tert-OH is 1. The van der Waals surface area contributed by atoms with Crippen molar-refractivity contribution in [1.82, 2.24) is 19.8 Å². The van der Waals surface area contributed by atoms with Gasteiger partial charge < -0.3 is 35.1 Å². The molecule has 2 saturated heterocycles. The molecule has 1 aromatic heterocycles. The standard InChI is InChI=1S/C42H42N6O6/c49-37(25-35-13-7-23-47(35)41(51)53-26-29-9-3-1-4-10-29)45-33-19-15-31(16-20-33)38-39(44-28-43-38)32-17-21-34(22-18-32)46-40(50)36-14-8-24-48(36)42(52)54-27-30-11-5-2-6-12-30/h1-6,9-12,15-22,25,28,35-36,45,49H,7-8,13-14,23-24,26-27H2,(H,43,44)(H,46,50)/b37-25+/t35-,36-/m0/s1. The number of H-pyrrole nitrogens is 1. The number of nitrogens with zero attached hydrogens (tertiary/aromatic N) is 3. The SMILES string of the molecule is O=C(Nc1ccc(-c2[nH]cnc2-c2ccc(N/C(O)=C\[C@@H]3CCCN3C(=O)OCc3ccccc3)cc2)cc1)[C@@H]1CCCN1C(=O)OCc1ccccc1. The van der Waals surface area contributed by atoms with Gasteiger partial charge in [-0.3, -0.25) is 9.69 Å². The summed E-state index contributed by atoms with van der Waals surface area (Å²) in [7, 11) is 0. The van der Waals surface area contributed by atoms with E-state index in [9.17, 15) is 19.5 Å². The number of benzene rings is 4. The van der Waals surface area contributed by atoms with Crippen molar-refractivity contribution in [1.29, 1.82) is 0 Å². The molecule has 2 fully saturated rings. The van der Waals surface area contributed by atoms with Gasteiger partial charge in [-0.1, -0.05) is 84.9 Å². The van der Waals surface area contributed by atoms with E-state index >= 15 is 0 Å². The number of aromatic amines is 1. The highest BCUT2D eigenvalue weighted by Crippen LogP contribution is 2.31. The van der Waals surface area contributed by atoms with Gasteiger partial charge in [-0.05, 0) is 67.2 Å². The number of rotatable bonds is 11. The van der Waals surface area contributed by atoms with E-state index in [-0.39, 0.29) is 31.0 Å². The molecular formula is C42H42N6O6. The van der Waals surface area contributed by atoms with Gasteiger partial charge in [0.15, 0.2) is 5.88 Å². The Hall–Kier alpha value is -6.56. The zero-order valence-electron chi connectivity index (χ0n) is 29.7. The fraction of sp³-hybridized carbons (Fsp3) is 0.238. The first-order valence-corrected chi connectivity index (χ1v) is 18.1. The molecule has 12 nitrogen and oxygen atoms in total. The maximum atomic E-state index is 13.2. The van der Waals surface area contributed by atoms with Crippen LogP contribution in [-0.2, 0) is 27.5 Å². The van der Waals surface area contributed by atoms with Crippen molar-refractivity contribution in [3.8, 4) is 22.5 Å². The smallest absolute Gasteiger partial charge is 0.410 e. The van der Waals surface area contributed by atoms with Crippen molar-refractivity contribution >= 4 is 29.5 Å². The highest BCUT2D eigenvalue weighted by Gasteiger charge is 2.35. The second kappa shape index (κ2) is 16.8. The first-order chi connectivity index (χ1) is 26.4. The zero-order valence-corrected chi connectivity index (χ0v) is 29.7. The Morgan fingerprint density at radius 3 is 1.93 bits per heavy atom. The van der Waals surface area contributed by atoms with Crippen LogP contribution in [0.15, 0.2) is 127 Å². The Morgan fingerprint density at radius 1 is 0.722 bits per heavy atom. The van der Waals surface area contributed by atoms with Gasteiger partial charge in [0.25, 0.3) is 0 Å². The first kappa shape index (κ1) is 35.8. The number of aromatic nitrogens is 2. The summed E-state index contributed by atoms with van der Waals surface area (Å²) in [4.78, 5) is 49.7. The van der Waals surface area contributed by atoms with Gasteiger partial charge >= 0.3 is 12.2 Å². The number of hydrogen-bond acceptors (Lipinski definition) is 8. The highest BCUT2D eigenvalue weighted by atomic mass is 16.6. The Kier molecular flexibility index (Phi) is 11.2. The van der Waals surface area contributed by atoms with Crippen molar-refractivity contribution in [2.75, 3.05) is 23.7 Å². The van der Waals surface area contributed by atoms with Crippen LogP contribution >= 0.6 is 0 Å². The summed E-state index contributed by atoms with van der Waals surface area (Å²) in [6, 6.07) is 33.1. The van der Waals surface area contributed by atoms with Gasteiger partial charge in [0.05, 0.1) is 23.8 Å². The molecule has 5 aromatic rings. The van der Waals surface area contributed by atoms with Crippen molar-refractivity contribution in [3.63, 3.8) is 0 Å². The van der Waals surface area contributed by atoms with Crippen molar-refractivity contribution < 1.29 is 29.0 Å². The maximum absolute atomic E-state index is 13.2. The van der Waals surface area contributed by atoms with E-state index in [0.29, 0.717) is 30.9 Å². The number of nitrogens with one attached hydrogen (secondary N) is 3. The molecule has 4 aromatic carbocycles. The lowest BCUT2D eigenvalue weighted by atomic mass is 10.0. The minimum Gasteiger partial charge on any atom is -0.495 e. The molecule has 0 unspecified atom stereocenters. The van der Waals surface area contributed by atoms with Crippen molar-refractivity contribution in [2.24, 2.45) is 0 Å². The molecule has 3 amide bonds. The maximum Gasteiger partial charge on any atom is 0.410 e. The van der Waals surface area contributed by atoms with E-state index in [2.05, 4.69) is 20.6 Å². The van der Waals surface area contributed by atoms with Crippen LogP contribution in [0, 0.1) is 0 Å². The predicted octanol–water partition coefficient (Wildman–Crippen LogP) is 8.10. The predicted molar refractivity (Wildman–Crippen MR) is 205 cm³/mol. The molecule has 4 N–H and O–H groups in total. The van der Waals surface area contributed by atoms with Crippen LogP contribution in [0.1, 0.15) is 36.8 Å². The summed E-state index contributed by atoms with van der Waals surface area (Å²) in [5.74, 6) is -0.303. The number of amides is 3. The number of imidazole rings is 1. The average molecular weight is 727 g/mol. The zero-order chi connectivity index (χ0) is 37.3. The van der Waals surface area contributed by atoms with E-state index in [1.54, 1.807) is 17.3 Å². The second-order valence-electron chi connectivity index (χ2n) is 13.3. The molecule has 7 rings (SSSR count). The van der Waals surface area contributed by atoms with Gasteiger partial charge in [0.2, 0.25) is 5.91 Å². The number of likely N-dealkylation sites (tertiary alicyclic amines) is 2. The number of carbonyl (C=O) groups is 3. The monoisotopic (exact) mass is 726 g/mol. The van der Waals surface area contributed by atoms with Crippen molar-refractivity contribution in [3.05, 3.63) is 139 Å². The molecule has 2 atom stereocenters. The van der Waals surface area contributed by atoms with Gasteiger partial charge in [-0.2, -0.15) is 0 Å². The van der Waals surface area contributed by atoms with E-state index in [1.165, 1.54) is 4.90 Å². The highest BCUT2D eigenvalue weighted by molar-refractivity contribution is 5.97. The summed E-state index contributed by atoms with van der Waals surface area (Å²) >= 11 is 0. The third kappa shape index (κ3) is 8.72. The minimum atomic E-state index is -0.603. The first-order valence-electron chi connectivity index (χ1n) is 18.1. The van der Waals surface area contributed by atoms with Gasteiger partial charge in [-0.15, -0.1) is 0 Å². The van der Waals surface area contributed by atoms with E-state index in [1.807, 2.05) is 109 Å². The molecule has 2 aliphatic heterocycles. The minimum absolute atomic E-state index is 0.0493. The van der Waals surface area contributed by atoms with Gasteiger partial charge in [-0.25, -0.2) is 14.6 Å². The lowest BCUT2D eigenvalue weighted by Gasteiger charge is -2.23. The summed E-state index contributed by atoms with van der Waals surface area (Å²) in [6.45, 7) is 1.38. The second-order valence-corrected chi connectivity index (χ2v) is 13.3. The van der Waals surface area contributed by atoms with Gasteiger partial charge in [0.1, 0.15) is 19.3 Å². The van der Waals surface area contributed by atoms with Crippen LogP contribution < -0.4 is 10.6 Å². The van der Waals surface area contributed by atoms with E-state index < -0.39 is 18.2 Å².